The van der Waals surface area contributed by atoms with Gasteiger partial charge in [0.15, 0.2) is 0 Å². The average Bonchev–Trinajstić information content (AvgIpc) is 2.43. The third-order valence-electron chi connectivity index (χ3n) is 3.49. The summed E-state index contributed by atoms with van der Waals surface area (Å²) in [6.07, 6.45) is 0.737. The van der Waals surface area contributed by atoms with Crippen LogP contribution in [0.3, 0.4) is 0 Å². The molecule has 0 aliphatic rings. The predicted molar refractivity (Wildman–Crippen MR) is 71.5 cm³/mol. The van der Waals surface area contributed by atoms with Crippen molar-refractivity contribution in [2.75, 3.05) is 0 Å². The molecular weight excluding hydrogens is 244 g/mol. The summed E-state index contributed by atoms with van der Waals surface area (Å²) < 4.78 is 5.27. The molecule has 0 aliphatic heterocycles. The van der Waals surface area contributed by atoms with Gasteiger partial charge in [0.2, 0.25) is 0 Å². The van der Waals surface area contributed by atoms with E-state index in [0.29, 0.717) is 12.8 Å². The maximum atomic E-state index is 12.2. The summed E-state index contributed by atoms with van der Waals surface area (Å²) >= 11 is 0. The molecule has 0 amide bonds. The molecular formula is C15H20O4. The number of ether oxygens (including phenoxy) is 1. The number of esters is 1. The second-order valence-electron chi connectivity index (χ2n) is 4.62. The van der Waals surface area contributed by atoms with Crippen LogP contribution < -0.4 is 0 Å². The van der Waals surface area contributed by atoms with Gasteiger partial charge < -0.3 is 9.84 Å². The van der Waals surface area contributed by atoms with E-state index in [1.54, 1.807) is 0 Å². The molecule has 0 heterocycles. The first-order valence-electron chi connectivity index (χ1n) is 6.47. The molecule has 0 bridgehead atoms. The zero-order valence-corrected chi connectivity index (χ0v) is 11.4. The van der Waals surface area contributed by atoms with Gasteiger partial charge in [-0.2, -0.15) is 0 Å². The number of benzene rings is 1. The molecule has 19 heavy (non-hydrogen) atoms. The lowest BCUT2D eigenvalue weighted by atomic mass is 9.79. The highest BCUT2D eigenvalue weighted by Gasteiger charge is 2.38. The van der Waals surface area contributed by atoms with Crippen molar-refractivity contribution in [3.05, 3.63) is 35.9 Å². The average molecular weight is 264 g/mol. The molecule has 1 N–H and O–H groups in total. The molecule has 1 aromatic rings. The largest absolute Gasteiger partial charge is 0.481 e. The van der Waals surface area contributed by atoms with Gasteiger partial charge in [0.25, 0.3) is 0 Å². The van der Waals surface area contributed by atoms with Crippen molar-refractivity contribution in [1.29, 1.82) is 0 Å². The van der Waals surface area contributed by atoms with Crippen molar-refractivity contribution in [2.24, 2.45) is 5.41 Å². The molecule has 0 unspecified atom stereocenters. The summed E-state index contributed by atoms with van der Waals surface area (Å²) in [6, 6.07) is 9.35. The molecule has 0 aliphatic carbocycles. The van der Waals surface area contributed by atoms with Crippen LogP contribution in [0.2, 0.25) is 0 Å². The first-order valence-corrected chi connectivity index (χ1v) is 6.47. The van der Waals surface area contributed by atoms with Crippen LogP contribution in [-0.2, 0) is 20.9 Å². The zero-order valence-electron chi connectivity index (χ0n) is 11.4. The van der Waals surface area contributed by atoms with E-state index in [2.05, 4.69) is 0 Å². The Balaban J connectivity index is 2.70. The number of hydrogen-bond acceptors (Lipinski definition) is 3. The summed E-state index contributed by atoms with van der Waals surface area (Å²) in [5, 5.41) is 8.94. The molecule has 0 spiro atoms. The highest BCUT2D eigenvalue weighted by Crippen LogP contribution is 2.32. The van der Waals surface area contributed by atoms with E-state index in [9.17, 15) is 9.59 Å². The minimum absolute atomic E-state index is 0.182. The van der Waals surface area contributed by atoms with Gasteiger partial charge >= 0.3 is 11.9 Å². The Morgan fingerprint density at radius 3 is 2.21 bits per heavy atom. The molecule has 0 aromatic heterocycles. The Kier molecular flexibility index (Phi) is 5.55. The number of rotatable bonds is 7. The molecule has 1 rings (SSSR count). The third-order valence-corrected chi connectivity index (χ3v) is 3.49. The number of carboxylic acids is 1. The molecule has 0 fully saturated rings. The molecule has 4 heteroatoms. The number of hydrogen-bond donors (Lipinski definition) is 1. The standard InChI is InChI=1S/C15H20O4/c1-3-15(4-2,10-13(16)17)14(18)19-11-12-8-6-5-7-9-12/h5-9H,3-4,10-11H2,1-2H3,(H,16,17). The van der Waals surface area contributed by atoms with Gasteiger partial charge in [-0.3, -0.25) is 9.59 Å². The zero-order chi connectivity index (χ0) is 14.3. The van der Waals surface area contributed by atoms with Crippen LogP contribution in [0.15, 0.2) is 30.3 Å². The van der Waals surface area contributed by atoms with E-state index in [1.807, 2.05) is 44.2 Å². The topological polar surface area (TPSA) is 63.6 Å². The van der Waals surface area contributed by atoms with E-state index in [0.717, 1.165) is 5.56 Å². The number of carboxylic acid groups (broad SMARTS) is 1. The fraction of sp³-hybridized carbons (Fsp3) is 0.467. The van der Waals surface area contributed by atoms with Gasteiger partial charge in [-0.25, -0.2) is 0 Å². The van der Waals surface area contributed by atoms with Gasteiger partial charge in [0.05, 0.1) is 11.8 Å². The fourth-order valence-electron chi connectivity index (χ4n) is 2.03. The van der Waals surface area contributed by atoms with Crippen molar-refractivity contribution in [2.45, 2.75) is 39.7 Å². The van der Waals surface area contributed by atoms with E-state index < -0.39 is 17.4 Å². The molecule has 4 nitrogen and oxygen atoms in total. The van der Waals surface area contributed by atoms with Crippen LogP contribution in [-0.4, -0.2) is 17.0 Å². The van der Waals surface area contributed by atoms with Crippen LogP contribution in [0.4, 0.5) is 0 Å². The van der Waals surface area contributed by atoms with E-state index >= 15 is 0 Å². The summed E-state index contributed by atoms with van der Waals surface area (Å²) in [5.74, 6) is -1.40. The minimum Gasteiger partial charge on any atom is -0.481 e. The summed E-state index contributed by atoms with van der Waals surface area (Å²) in [4.78, 5) is 23.1. The Morgan fingerprint density at radius 2 is 1.74 bits per heavy atom. The maximum absolute atomic E-state index is 12.2. The molecule has 1 aromatic carbocycles. The Bertz CT molecular complexity index is 421. The SMILES string of the molecule is CCC(CC)(CC(=O)O)C(=O)OCc1ccccc1. The lowest BCUT2D eigenvalue weighted by molar-refractivity contribution is -0.163. The summed E-state index contributed by atoms with van der Waals surface area (Å²) in [6.45, 7) is 3.81. The lowest BCUT2D eigenvalue weighted by Gasteiger charge is -2.27. The second kappa shape index (κ2) is 6.92. The predicted octanol–water partition coefficient (Wildman–Crippen LogP) is 3.01. The van der Waals surface area contributed by atoms with Crippen LogP contribution in [0.25, 0.3) is 0 Å². The van der Waals surface area contributed by atoms with Crippen LogP contribution in [0.5, 0.6) is 0 Å². The van der Waals surface area contributed by atoms with Crippen molar-refractivity contribution < 1.29 is 19.4 Å². The molecule has 104 valence electrons. The third kappa shape index (κ3) is 4.09. The number of carbonyl (C=O) groups is 2. The van der Waals surface area contributed by atoms with E-state index in [4.69, 9.17) is 9.84 Å². The fourth-order valence-corrected chi connectivity index (χ4v) is 2.03. The highest BCUT2D eigenvalue weighted by molar-refractivity contribution is 5.82. The highest BCUT2D eigenvalue weighted by atomic mass is 16.5. The van der Waals surface area contributed by atoms with Crippen LogP contribution >= 0.6 is 0 Å². The van der Waals surface area contributed by atoms with Crippen molar-refractivity contribution in [1.82, 2.24) is 0 Å². The Hall–Kier alpha value is -1.84. The molecule has 0 saturated carbocycles. The van der Waals surface area contributed by atoms with Gasteiger partial charge in [0.1, 0.15) is 6.61 Å². The molecule has 0 atom stereocenters. The first-order chi connectivity index (χ1) is 9.04. The van der Waals surface area contributed by atoms with Gasteiger partial charge in [-0.15, -0.1) is 0 Å². The summed E-state index contributed by atoms with van der Waals surface area (Å²) in [7, 11) is 0. The van der Waals surface area contributed by atoms with Crippen molar-refractivity contribution in [3.8, 4) is 0 Å². The van der Waals surface area contributed by atoms with Crippen LogP contribution in [0, 0.1) is 5.41 Å². The quantitative estimate of drug-likeness (QED) is 0.769. The van der Waals surface area contributed by atoms with Gasteiger partial charge in [-0.05, 0) is 18.4 Å². The van der Waals surface area contributed by atoms with Crippen LogP contribution in [0.1, 0.15) is 38.7 Å². The van der Waals surface area contributed by atoms with Crippen molar-refractivity contribution >= 4 is 11.9 Å². The Labute approximate surface area is 113 Å². The first kappa shape index (κ1) is 15.2. The minimum atomic E-state index is -0.972. The monoisotopic (exact) mass is 264 g/mol. The van der Waals surface area contributed by atoms with Crippen molar-refractivity contribution in [3.63, 3.8) is 0 Å². The number of carbonyl (C=O) groups excluding carboxylic acids is 1. The molecule has 0 radical (unpaired) electrons. The molecule has 0 saturated heterocycles. The van der Waals surface area contributed by atoms with Gasteiger partial charge in [0, 0.05) is 0 Å². The maximum Gasteiger partial charge on any atom is 0.312 e. The van der Waals surface area contributed by atoms with E-state index in [1.165, 1.54) is 0 Å². The Morgan fingerprint density at radius 1 is 1.16 bits per heavy atom. The summed E-state index contributed by atoms with van der Waals surface area (Å²) in [5.41, 5.74) is -0.0204. The van der Waals surface area contributed by atoms with Gasteiger partial charge in [-0.1, -0.05) is 44.2 Å². The number of aliphatic carboxylic acids is 1. The second-order valence-corrected chi connectivity index (χ2v) is 4.62. The smallest absolute Gasteiger partial charge is 0.312 e. The lowest BCUT2D eigenvalue weighted by Crippen LogP contribution is -2.34. The van der Waals surface area contributed by atoms with E-state index in [-0.39, 0.29) is 13.0 Å². The normalized spacial score (nSPS) is 11.1.